The molecule has 0 saturated carbocycles. The van der Waals surface area contributed by atoms with Gasteiger partial charge in [0.05, 0.1) is 13.5 Å². The molecule has 0 amide bonds. The molecule has 1 heterocycles. The molecule has 0 bridgehead atoms. The molecule has 0 spiro atoms. The molecule has 1 aromatic rings. The molecule has 0 radical (unpaired) electrons. The molecule has 1 saturated heterocycles. The van der Waals surface area contributed by atoms with Crippen molar-refractivity contribution in [1.82, 2.24) is 10.2 Å². The highest BCUT2D eigenvalue weighted by molar-refractivity contribution is 5.72. The van der Waals surface area contributed by atoms with E-state index in [1.165, 1.54) is 12.7 Å². The van der Waals surface area contributed by atoms with Gasteiger partial charge in [-0.05, 0) is 18.1 Å². The Kier molecular flexibility index (Phi) is 4.93. The van der Waals surface area contributed by atoms with Crippen molar-refractivity contribution in [2.24, 2.45) is 0 Å². The monoisotopic (exact) mass is 262 g/mol. The highest BCUT2D eigenvalue weighted by atomic mass is 16.5. The minimum atomic E-state index is -0.191. The number of ether oxygens (including phenoxy) is 1. The number of nitrogens with zero attached hydrogens (tertiary/aromatic N) is 1. The van der Waals surface area contributed by atoms with Crippen molar-refractivity contribution in [1.29, 1.82) is 0 Å². The number of carbonyl (C=O) groups is 1. The lowest BCUT2D eigenvalue weighted by molar-refractivity contribution is -0.139. The third kappa shape index (κ3) is 4.33. The van der Waals surface area contributed by atoms with Crippen LogP contribution < -0.4 is 5.32 Å². The highest BCUT2D eigenvalue weighted by Gasteiger charge is 2.15. The molecule has 1 N–H and O–H groups in total. The zero-order valence-electron chi connectivity index (χ0n) is 11.7. The van der Waals surface area contributed by atoms with Gasteiger partial charge in [0.1, 0.15) is 0 Å². The van der Waals surface area contributed by atoms with E-state index in [1.54, 1.807) is 0 Å². The maximum Gasteiger partial charge on any atom is 0.309 e. The zero-order valence-corrected chi connectivity index (χ0v) is 11.7. The predicted octanol–water partition coefficient (Wildman–Crippen LogP) is 1.20. The van der Waals surface area contributed by atoms with Gasteiger partial charge >= 0.3 is 5.97 Å². The molecule has 1 atom stereocenters. The lowest BCUT2D eigenvalue weighted by atomic mass is 10.1. The Hall–Kier alpha value is -1.39. The first-order valence-electron chi connectivity index (χ1n) is 6.78. The van der Waals surface area contributed by atoms with Crippen LogP contribution in [-0.2, 0) is 22.5 Å². The van der Waals surface area contributed by atoms with E-state index in [1.807, 2.05) is 12.1 Å². The average molecular weight is 262 g/mol. The molecular weight excluding hydrogens is 240 g/mol. The molecule has 0 aliphatic carbocycles. The zero-order chi connectivity index (χ0) is 13.7. The maximum absolute atomic E-state index is 11.2. The molecule has 2 rings (SSSR count). The van der Waals surface area contributed by atoms with E-state index in [4.69, 9.17) is 0 Å². The van der Waals surface area contributed by atoms with Crippen LogP contribution in [0.2, 0.25) is 0 Å². The predicted molar refractivity (Wildman–Crippen MR) is 74.9 cm³/mol. The van der Waals surface area contributed by atoms with Gasteiger partial charge in [-0.2, -0.15) is 0 Å². The van der Waals surface area contributed by atoms with Gasteiger partial charge in [-0.3, -0.25) is 9.69 Å². The summed E-state index contributed by atoms with van der Waals surface area (Å²) in [5.74, 6) is -0.191. The van der Waals surface area contributed by atoms with E-state index in [2.05, 4.69) is 34.0 Å². The first kappa shape index (κ1) is 14.0. The number of methoxy groups -OCH3 is 1. The van der Waals surface area contributed by atoms with Gasteiger partial charge in [-0.15, -0.1) is 0 Å². The standard InChI is InChI=1S/C15H22N2O2/c1-12-10-17(8-7-16-12)11-14-5-3-13(4-6-14)9-15(18)19-2/h3-6,12,16H,7-11H2,1-2H3/t12-/m1/s1. The molecule has 1 fully saturated rings. The first-order valence-corrected chi connectivity index (χ1v) is 6.78. The number of esters is 1. The Balaban J connectivity index is 1.89. The number of benzene rings is 1. The SMILES string of the molecule is COC(=O)Cc1ccc(CN2CCN[C@H](C)C2)cc1. The van der Waals surface area contributed by atoms with Crippen LogP contribution in [-0.4, -0.2) is 43.7 Å². The van der Waals surface area contributed by atoms with Crippen LogP contribution in [0, 0.1) is 0 Å². The van der Waals surface area contributed by atoms with Gasteiger partial charge in [0, 0.05) is 32.2 Å². The van der Waals surface area contributed by atoms with Gasteiger partial charge in [0.2, 0.25) is 0 Å². The van der Waals surface area contributed by atoms with Crippen molar-refractivity contribution in [3.63, 3.8) is 0 Å². The fourth-order valence-corrected chi connectivity index (χ4v) is 2.42. The molecular formula is C15H22N2O2. The fourth-order valence-electron chi connectivity index (χ4n) is 2.42. The van der Waals surface area contributed by atoms with Gasteiger partial charge < -0.3 is 10.1 Å². The average Bonchev–Trinajstić information content (AvgIpc) is 2.41. The Morgan fingerprint density at radius 2 is 2.05 bits per heavy atom. The minimum absolute atomic E-state index is 0.191. The molecule has 4 nitrogen and oxygen atoms in total. The molecule has 19 heavy (non-hydrogen) atoms. The summed E-state index contributed by atoms with van der Waals surface area (Å²) in [6, 6.07) is 8.79. The van der Waals surface area contributed by atoms with Crippen LogP contribution in [0.25, 0.3) is 0 Å². The van der Waals surface area contributed by atoms with E-state index in [9.17, 15) is 4.79 Å². The van der Waals surface area contributed by atoms with Crippen LogP contribution in [0.4, 0.5) is 0 Å². The van der Waals surface area contributed by atoms with Crippen LogP contribution in [0.5, 0.6) is 0 Å². The topological polar surface area (TPSA) is 41.6 Å². The molecule has 1 aliphatic rings. The summed E-state index contributed by atoms with van der Waals surface area (Å²) < 4.78 is 4.66. The summed E-state index contributed by atoms with van der Waals surface area (Å²) >= 11 is 0. The largest absolute Gasteiger partial charge is 0.469 e. The summed E-state index contributed by atoms with van der Waals surface area (Å²) in [7, 11) is 1.42. The second-order valence-electron chi connectivity index (χ2n) is 5.16. The number of carbonyl (C=O) groups excluding carboxylic acids is 1. The fraction of sp³-hybridized carbons (Fsp3) is 0.533. The Morgan fingerprint density at radius 3 is 2.68 bits per heavy atom. The van der Waals surface area contributed by atoms with Gasteiger partial charge in [0.25, 0.3) is 0 Å². The minimum Gasteiger partial charge on any atom is -0.469 e. The van der Waals surface area contributed by atoms with E-state index in [0.29, 0.717) is 12.5 Å². The summed E-state index contributed by atoms with van der Waals surface area (Å²) in [5.41, 5.74) is 2.30. The normalized spacial score (nSPS) is 20.2. The second kappa shape index (κ2) is 6.68. The Morgan fingerprint density at radius 1 is 1.37 bits per heavy atom. The van der Waals surface area contributed by atoms with Crippen LogP contribution in [0.15, 0.2) is 24.3 Å². The van der Waals surface area contributed by atoms with E-state index in [-0.39, 0.29) is 5.97 Å². The van der Waals surface area contributed by atoms with Gasteiger partial charge in [0.15, 0.2) is 0 Å². The van der Waals surface area contributed by atoms with Gasteiger partial charge in [-0.25, -0.2) is 0 Å². The summed E-state index contributed by atoms with van der Waals surface area (Å²) in [6.07, 6.45) is 0.349. The molecule has 0 aromatic heterocycles. The van der Waals surface area contributed by atoms with E-state index < -0.39 is 0 Å². The molecule has 104 valence electrons. The van der Waals surface area contributed by atoms with E-state index >= 15 is 0 Å². The maximum atomic E-state index is 11.2. The number of piperazine rings is 1. The first-order chi connectivity index (χ1) is 9.17. The number of hydrogen-bond donors (Lipinski definition) is 1. The third-order valence-electron chi connectivity index (χ3n) is 3.46. The van der Waals surface area contributed by atoms with E-state index in [0.717, 1.165) is 31.7 Å². The number of nitrogens with one attached hydrogen (secondary N) is 1. The van der Waals surface area contributed by atoms with Crippen LogP contribution >= 0.6 is 0 Å². The molecule has 4 heteroatoms. The highest BCUT2D eigenvalue weighted by Crippen LogP contribution is 2.10. The van der Waals surface area contributed by atoms with Crippen LogP contribution in [0.3, 0.4) is 0 Å². The smallest absolute Gasteiger partial charge is 0.309 e. The number of rotatable bonds is 4. The summed E-state index contributed by atoms with van der Waals surface area (Å²) in [6.45, 7) is 6.43. The van der Waals surface area contributed by atoms with Gasteiger partial charge in [-0.1, -0.05) is 24.3 Å². The quantitative estimate of drug-likeness (QED) is 0.828. The van der Waals surface area contributed by atoms with Crippen molar-refractivity contribution < 1.29 is 9.53 Å². The Bertz CT molecular complexity index is 417. The molecule has 1 aromatic carbocycles. The summed E-state index contributed by atoms with van der Waals surface area (Å²) in [5, 5.41) is 3.44. The van der Waals surface area contributed by atoms with Crippen molar-refractivity contribution in [2.75, 3.05) is 26.7 Å². The second-order valence-corrected chi connectivity index (χ2v) is 5.16. The Labute approximate surface area is 114 Å². The lowest BCUT2D eigenvalue weighted by Crippen LogP contribution is -2.48. The van der Waals surface area contributed by atoms with Crippen molar-refractivity contribution in [3.05, 3.63) is 35.4 Å². The molecule has 0 unspecified atom stereocenters. The van der Waals surface area contributed by atoms with Crippen molar-refractivity contribution in [2.45, 2.75) is 25.9 Å². The van der Waals surface area contributed by atoms with Crippen molar-refractivity contribution >= 4 is 5.97 Å². The third-order valence-corrected chi connectivity index (χ3v) is 3.46. The van der Waals surface area contributed by atoms with Crippen LogP contribution in [0.1, 0.15) is 18.1 Å². The molecule has 1 aliphatic heterocycles. The lowest BCUT2D eigenvalue weighted by Gasteiger charge is -2.31. The van der Waals surface area contributed by atoms with Crippen molar-refractivity contribution in [3.8, 4) is 0 Å². The number of hydrogen-bond acceptors (Lipinski definition) is 4. The summed E-state index contributed by atoms with van der Waals surface area (Å²) in [4.78, 5) is 13.6.